The summed E-state index contributed by atoms with van der Waals surface area (Å²) in [5.74, 6) is -1.83. The van der Waals surface area contributed by atoms with Gasteiger partial charge < -0.3 is 21.1 Å². The number of rotatable bonds is 3. The number of carboxylic acid groups (broad SMARTS) is 1. The van der Waals surface area contributed by atoms with Crippen molar-refractivity contribution in [3.8, 4) is 0 Å². The van der Waals surface area contributed by atoms with Gasteiger partial charge in [0.25, 0.3) is 0 Å². The molecule has 0 aromatic carbocycles. The molecule has 1 saturated heterocycles. The Hall–Kier alpha value is -1.79. The monoisotopic (exact) mass is 243 g/mol. The number of hydrogen-bond donors (Lipinski definition) is 3. The topological polar surface area (TPSA) is 113 Å². The lowest BCUT2D eigenvalue weighted by Crippen LogP contribution is -2.48. The molecule has 96 valence electrons. The molecule has 4 N–H and O–H groups in total. The first-order valence-electron chi connectivity index (χ1n) is 5.40. The number of amides is 3. The number of aliphatic carboxylic acids is 1. The number of hydrogen-bond acceptors (Lipinski definition) is 3. The van der Waals surface area contributed by atoms with Crippen molar-refractivity contribution < 1.29 is 19.5 Å². The summed E-state index contributed by atoms with van der Waals surface area (Å²) in [5.41, 5.74) is 4.92. The lowest BCUT2D eigenvalue weighted by atomic mass is 9.99. The zero-order chi connectivity index (χ0) is 13.2. The summed E-state index contributed by atoms with van der Waals surface area (Å²) in [5, 5.41) is 11.2. The van der Waals surface area contributed by atoms with Gasteiger partial charge in [-0.05, 0) is 12.8 Å². The molecule has 1 heterocycles. The highest BCUT2D eigenvalue weighted by molar-refractivity contribution is 5.87. The molecule has 1 rings (SSSR count). The summed E-state index contributed by atoms with van der Waals surface area (Å²) in [6, 6.07) is -1.50. The van der Waals surface area contributed by atoms with Crippen LogP contribution in [0.3, 0.4) is 0 Å². The van der Waals surface area contributed by atoms with Crippen LogP contribution in [0.4, 0.5) is 4.79 Å². The maximum Gasteiger partial charge on any atom is 0.312 e. The van der Waals surface area contributed by atoms with Crippen LogP contribution in [0.5, 0.6) is 0 Å². The summed E-state index contributed by atoms with van der Waals surface area (Å²) in [6.45, 7) is 3.88. The van der Waals surface area contributed by atoms with E-state index in [1.807, 2.05) is 0 Å². The maximum atomic E-state index is 11.9. The summed E-state index contributed by atoms with van der Waals surface area (Å²) in [7, 11) is 0. The third kappa shape index (κ3) is 3.08. The number of nitrogens with zero attached hydrogens (tertiary/aromatic N) is 1. The van der Waals surface area contributed by atoms with Crippen LogP contribution in [0.1, 0.15) is 13.8 Å². The molecule has 17 heavy (non-hydrogen) atoms. The smallest absolute Gasteiger partial charge is 0.312 e. The third-order valence-electron chi connectivity index (χ3n) is 2.97. The minimum absolute atomic E-state index is 0.0859. The van der Waals surface area contributed by atoms with Gasteiger partial charge >= 0.3 is 12.0 Å². The molecule has 7 nitrogen and oxygen atoms in total. The van der Waals surface area contributed by atoms with Crippen LogP contribution in [-0.2, 0) is 9.59 Å². The van der Waals surface area contributed by atoms with E-state index in [9.17, 15) is 14.4 Å². The van der Waals surface area contributed by atoms with Gasteiger partial charge in [0.1, 0.15) is 6.04 Å². The molecule has 1 aliphatic rings. The van der Waals surface area contributed by atoms with Crippen LogP contribution < -0.4 is 11.1 Å². The average molecular weight is 243 g/mol. The van der Waals surface area contributed by atoms with Gasteiger partial charge in [0, 0.05) is 13.1 Å². The van der Waals surface area contributed by atoms with E-state index >= 15 is 0 Å². The number of primary amides is 1. The van der Waals surface area contributed by atoms with Crippen molar-refractivity contribution in [1.82, 2.24) is 10.2 Å². The van der Waals surface area contributed by atoms with Gasteiger partial charge in [0.15, 0.2) is 0 Å². The molecule has 0 aromatic rings. The Morgan fingerprint density at radius 2 is 2.00 bits per heavy atom. The highest BCUT2D eigenvalue weighted by Crippen LogP contribution is 2.23. The molecule has 0 spiro atoms. The van der Waals surface area contributed by atoms with Gasteiger partial charge in [0.2, 0.25) is 5.91 Å². The molecule has 3 amide bonds. The van der Waals surface area contributed by atoms with Gasteiger partial charge in [0.05, 0.1) is 5.92 Å². The number of urea groups is 1. The molecule has 3 atom stereocenters. The summed E-state index contributed by atoms with van der Waals surface area (Å²) < 4.78 is 0. The quantitative estimate of drug-likeness (QED) is 0.603. The minimum Gasteiger partial charge on any atom is -0.481 e. The first-order valence-corrected chi connectivity index (χ1v) is 5.40. The molecular weight excluding hydrogens is 226 g/mol. The predicted octanol–water partition coefficient (Wildman–Crippen LogP) is -0.778. The van der Waals surface area contributed by atoms with Crippen LogP contribution in [-0.4, -0.2) is 47.0 Å². The van der Waals surface area contributed by atoms with Gasteiger partial charge in [-0.15, -0.1) is 0 Å². The fourth-order valence-electron chi connectivity index (χ4n) is 2.02. The SMILES string of the molecule is CC(NC(N)=O)C(=O)N1CC(C)C(C(=O)O)C1. The van der Waals surface area contributed by atoms with Crippen molar-refractivity contribution in [3.05, 3.63) is 0 Å². The number of nitrogens with two attached hydrogens (primary N) is 1. The van der Waals surface area contributed by atoms with Gasteiger partial charge in [-0.1, -0.05) is 6.92 Å². The van der Waals surface area contributed by atoms with Gasteiger partial charge in [-0.2, -0.15) is 0 Å². The van der Waals surface area contributed by atoms with Crippen molar-refractivity contribution in [2.45, 2.75) is 19.9 Å². The van der Waals surface area contributed by atoms with Crippen molar-refractivity contribution in [2.24, 2.45) is 17.6 Å². The van der Waals surface area contributed by atoms with E-state index in [0.717, 1.165) is 0 Å². The van der Waals surface area contributed by atoms with E-state index < -0.39 is 24.0 Å². The highest BCUT2D eigenvalue weighted by atomic mass is 16.4. The second kappa shape index (κ2) is 5.03. The first-order chi connectivity index (χ1) is 7.82. The number of nitrogens with one attached hydrogen (secondary N) is 1. The second-order valence-electron chi connectivity index (χ2n) is 4.40. The number of likely N-dealkylation sites (tertiary alicyclic amines) is 1. The fraction of sp³-hybridized carbons (Fsp3) is 0.700. The van der Waals surface area contributed by atoms with Gasteiger partial charge in [-0.25, -0.2) is 4.79 Å². The summed E-state index contributed by atoms with van der Waals surface area (Å²) >= 11 is 0. The highest BCUT2D eigenvalue weighted by Gasteiger charge is 2.38. The van der Waals surface area contributed by atoms with E-state index in [1.165, 1.54) is 11.8 Å². The van der Waals surface area contributed by atoms with Crippen LogP contribution in [0.25, 0.3) is 0 Å². The lowest BCUT2D eigenvalue weighted by molar-refractivity contribution is -0.142. The average Bonchev–Trinajstić information content (AvgIpc) is 2.58. The molecule has 1 fully saturated rings. The molecule has 7 heteroatoms. The molecule has 0 saturated carbocycles. The minimum atomic E-state index is -0.900. The Morgan fingerprint density at radius 3 is 2.41 bits per heavy atom. The van der Waals surface area contributed by atoms with Crippen LogP contribution in [0.2, 0.25) is 0 Å². The van der Waals surface area contributed by atoms with Gasteiger partial charge in [-0.3, -0.25) is 9.59 Å². The largest absolute Gasteiger partial charge is 0.481 e. The van der Waals surface area contributed by atoms with E-state index in [4.69, 9.17) is 10.8 Å². The van der Waals surface area contributed by atoms with Crippen molar-refractivity contribution in [2.75, 3.05) is 13.1 Å². The summed E-state index contributed by atoms with van der Waals surface area (Å²) in [4.78, 5) is 34.8. The van der Waals surface area contributed by atoms with E-state index in [2.05, 4.69) is 5.32 Å². The van der Waals surface area contributed by atoms with Crippen LogP contribution >= 0.6 is 0 Å². The molecule has 3 unspecified atom stereocenters. The number of carbonyl (C=O) groups is 3. The third-order valence-corrected chi connectivity index (χ3v) is 2.97. The lowest BCUT2D eigenvalue weighted by Gasteiger charge is -2.20. The second-order valence-corrected chi connectivity index (χ2v) is 4.40. The standard InChI is InChI=1S/C10H17N3O4/c1-5-3-13(4-7(5)9(15)16)8(14)6(2)12-10(11)17/h5-7H,3-4H2,1-2H3,(H,15,16)(H3,11,12,17). The molecule has 0 aliphatic carbocycles. The van der Waals surface area contributed by atoms with Crippen LogP contribution in [0.15, 0.2) is 0 Å². The normalized spacial score (nSPS) is 25.4. The Labute approximate surface area is 98.9 Å². The van der Waals surface area contributed by atoms with Crippen molar-refractivity contribution >= 4 is 17.9 Å². The first kappa shape index (κ1) is 13.3. The predicted molar refractivity (Wildman–Crippen MR) is 59.1 cm³/mol. The van der Waals surface area contributed by atoms with Crippen molar-refractivity contribution in [1.29, 1.82) is 0 Å². The zero-order valence-electron chi connectivity index (χ0n) is 9.84. The Bertz CT molecular complexity index is 344. The zero-order valence-corrected chi connectivity index (χ0v) is 9.84. The molecular formula is C10H17N3O4. The number of carbonyl (C=O) groups excluding carboxylic acids is 2. The molecule has 0 aromatic heterocycles. The van der Waals surface area contributed by atoms with E-state index in [1.54, 1.807) is 6.92 Å². The van der Waals surface area contributed by atoms with Crippen molar-refractivity contribution in [3.63, 3.8) is 0 Å². The van der Waals surface area contributed by atoms with E-state index in [0.29, 0.717) is 6.54 Å². The summed E-state index contributed by atoms with van der Waals surface area (Å²) in [6.07, 6.45) is 0. The van der Waals surface area contributed by atoms with Crippen LogP contribution in [0, 0.1) is 11.8 Å². The molecule has 0 radical (unpaired) electrons. The van der Waals surface area contributed by atoms with E-state index in [-0.39, 0.29) is 18.4 Å². The molecule has 1 aliphatic heterocycles. The number of carboxylic acids is 1. The Kier molecular flexibility index (Phi) is 3.93. The Balaban J connectivity index is 2.61. The maximum absolute atomic E-state index is 11.9. The molecule has 0 bridgehead atoms. The Morgan fingerprint density at radius 1 is 1.41 bits per heavy atom. The fourth-order valence-corrected chi connectivity index (χ4v) is 2.02.